The van der Waals surface area contributed by atoms with Gasteiger partial charge in [-0.3, -0.25) is 4.79 Å². The number of amides is 1. The van der Waals surface area contributed by atoms with Crippen molar-refractivity contribution >= 4 is 22.7 Å². The van der Waals surface area contributed by atoms with Gasteiger partial charge in [-0.1, -0.05) is 42.5 Å². The van der Waals surface area contributed by atoms with E-state index in [1.807, 2.05) is 60.7 Å². The summed E-state index contributed by atoms with van der Waals surface area (Å²) in [6.45, 7) is 0.143. The maximum Gasteiger partial charge on any atom is 0.259 e. The molecule has 0 bridgehead atoms. The van der Waals surface area contributed by atoms with Gasteiger partial charge in [-0.05, 0) is 36.4 Å². The predicted octanol–water partition coefficient (Wildman–Crippen LogP) is 4.66. The van der Waals surface area contributed by atoms with E-state index in [2.05, 4.69) is 10.3 Å². The number of carbonyl (C=O) groups excluding carboxylic acids is 1. The Kier molecular flexibility index (Phi) is 4.35. The second-order valence-corrected chi connectivity index (χ2v) is 5.68. The van der Waals surface area contributed by atoms with Crippen molar-refractivity contribution in [1.82, 2.24) is 4.98 Å². The fourth-order valence-corrected chi connectivity index (χ4v) is 2.62. The molecule has 26 heavy (non-hydrogen) atoms. The lowest BCUT2D eigenvalue weighted by atomic mass is 10.2. The lowest BCUT2D eigenvalue weighted by Crippen LogP contribution is -2.13. The first-order chi connectivity index (χ1) is 12.8. The average molecular weight is 344 g/mol. The number of hydrogen-bond acceptors (Lipinski definition) is 4. The fourth-order valence-electron chi connectivity index (χ4n) is 2.62. The molecule has 0 aliphatic heterocycles. The minimum absolute atomic E-state index is 0.143. The quantitative estimate of drug-likeness (QED) is 0.572. The van der Waals surface area contributed by atoms with Gasteiger partial charge in [0.2, 0.25) is 5.89 Å². The highest BCUT2D eigenvalue weighted by Crippen LogP contribution is 2.22. The Hall–Kier alpha value is -3.60. The maximum absolute atomic E-state index is 12.6. The van der Waals surface area contributed by atoms with Crippen LogP contribution in [0, 0.1) is 0 Å². The van der Waals surface area contributed by atoms with Crippen LogP contribution in [0.2, 0.25) is 0 Å². The largest absolute Gasteiger partial charge is 0.483 e. The van der Waals surface area contributed by atoms with Crippen molar-refractivity contribution in [3.63, 3.8) is 0 Å². The molecule has 0 aliphatic rings. The monoisotopic (exact) mass is 344 g/mol. The number of anilines is 1. The molecule has 1 aromatic heterocycles. The Morgan fingerprint density at radius 2 is 1.65 bits per heavy atom. The third kappa shape index (κ3) is 3.42. The number of aromatic nitrogens is 1. The number of rotatable bonds is 5. The molecule has 1 heterocycles. The minimum atomic E-state index is -0.232. The molecule has 0 unspecified atom stereocenters. The van der Waals surface area contributed by atoms with Crippen LogP contribution >= 0.6 is 0 Å². The summed E-state index contributed by atoms with van der Waals surface area (Å²) in [6, 6.07) is 23.9. The molecule has 1 N–H and O–H groups in total. The van der Waals surface area contributed by atoms with Crippen LogP contribution in [0.4, 0.5) is 5.69 Å². The first-order valence-corrected chi connectivity index (χ1v) is 8.22. The molecule has 3 aromatic carbocycles. The van der Waals surface area contributed by atoms with E-state index in [1.54, 1.807) is 18.2 Å². The smallest absolute Gasteiger partial charge is 0.259 e. The summed E-state index contributed by atoms with van der Waals surface area (Å²) in [5.41, 5.74) is 2.67. The van der Waals surface area contributed by atoms with Crippen LogP contribution in [-0.4, -0.2) is 10.9 Å². The van der Waals surface area contributed by atoms with Crippen LogP contribution in [-0.2, 0) is 6.61 Å². The number of nitrogens with zero attached hydrogens (tertiary/aromatic N) is 1. The van der Waals surface area contributed by atoms with Gasteiger partial charge >= 0.3 is 0 Å². The Morgan fingerprint density at radius 1 is 0.923 bits per heavy atom. The van der Waals surface area contributed by atoms with Crippen LogP contribution in [0.5, 0.6) is 5.75 Å². The lowest BCUT2D eigenvalue weighted by Gasteiger charge is -2.10. The number of fused-ring (bicyclic) bond motifs is 1. The fraction of sp³-hybridized carbons (Fsp3) is 0.0476. The van der Waals surface area contributed by atoms with E-state index in [4.69, 9.17) is 9.15 Å². The molecule has 0 saturated carbocycles. The van der Waals surface area contributed by atoms with Crippen LogP contribution in [0.3, 0.4) is 0 Å². The highest BCUT2D eigenvalue weighted by Gasteiger charge is 2.13. The lowest BCUT2D eigenvalue weighted by molar-refractivity contribution is 0.102. The van der Waals surface area contributed by atoms with Crippen LogP contribution in [0.1, 0.15) is 16.2 Å². The molecule has 0 aliphatic carbocycles. The standard InChI is InChI=1S/C21H16N2O3/c24-21(22-15-8-2-1-3-9-15)16-10-4-6-12-18(16)25-14-20-23-17-11-5-7-13-19(17)26-20/h1-13H,14H2,(H,22,24). The van der Waals surface area contributed by atoms with Crippen LogP contribution < -0.4 is 10.1 Å². The Labute approximate surface area is 150 Å². The number of nitrogens with one attached hydrogen (secondary N) is 1. The van der Waals surface area contributed by atoms with E-state index in [9.17, 15) is 4.79 Å². The van der Waals surface area contributed by atoms with Crippen molar-refractivity contribution in [3.8, 4) is 5.75 Å². The normalized spacial score (nSPS) is 10.6. The molecule has 5 heteroatoms. The summed E-state index contributed by atoms with van der Waals surface area (Å²) in [5, 5.41) is 2.86. The molecule has 0 fully saturated rings. The number of carbonyl (C=O) groups is 1. The number of hydrogen-bond donors (Lipinski definition) is 1. The summed E-state index contributed by atoms with van der Waals surface area (Å²) < 4.78 is 11.4. The second kappa shape index (κ2) is 7.11. The van der Waals surface area contributed by atoms with E-state index in [-0.39, 0.29) is 12.5 Å². The van der Waals surface area contributed by atoms with Gasteiger partial charge in [0.1, 0.15) is 11.3 Å². The van der Waals surface area contributed by atoms with E-state index in [0.29, 0.717) is 22.8 Å². The van der Waals surface area contributed by atoms with E-state index < -0.39 is 0 Å². The zero-order chi connectivity index (χ0) is 17.8. The third-order valence-electron chi connectivity index (χ3n) is 3.85. The van der Waals surface area contributed by atoms with Gasteiger partial charge in [-0.15, -0.1) is 0 Å². The molecule has 5 nitrogen and oxygen atoms in total. The number of para-hydroxylation sites is 4. The number of oxazole rings is 1. The van der Waals surface area contributed by atoms with Gasteiger partial charge in [-0.25, -0.2) is 4.98 Å². The van der Waals surface area contributed by atoms with Crippen molar-refractivity contribution in [2.75, 3.05) is 5.32 Å². The van der Waals surface area contributed by atoms with Crippen molar-refractivity contribution in [3.05, 3.63) is 90.3 Å². The number of ether oxygens (including phenoxy) is 1. The van der Waals surface area contributed by atoms with Gasteiger partial charge in [0.05, 0.1) is 5.56 Å². The van der Waals surface area contributed by atoms with Gasteiger partial charge in [0.15, 0.2) is 12.2 Å². The summed E-state index contributed by atoms with van der Waals surface area (Å²) in [6.07, 6.45) is 0. The minimum Gasteiger partial charge on any atom is -0.483 e. The highest BCUT2D eigenvalue weighted by atomic mass is 16.5. The summed E-state index contributed by atoms with van der Waals surface area (Å²) in [7, 11) is 0. The zero-order valence-corrected chi connectivity index (χ0v) is 13.9. The van der Waals surface area contributed by atoms with Crippen molar-refractivity contribution in [2.45, 2.75) is 6.61 Å². The van der Waals surface area contributed by atoms with Gasteiger partial charge in [-0.2, -0.15) is 0 Å². The maximum atomic E-state index is 12.6. The zero-order valence-electron chi connectivity index (χ0n) is 13.9. The molecule has 128 valence electrons. The SMILES string of the molecule is O=C(Nc1ccccc1)c1ccccc1OCc1nc2ccccc2o1. The Morgan fingerprint density at radius 3 is 2.50 bits per heavy atom. The topological polar surface area (TPSA) is 64.4 Å². The molecule has 0 spiro atoms. The molecular weight excluding hydrogens is 328 g/mol. The average Bonchev–Trinajstić information content (AvgIpc) is 3.10. The van der Waals surface area contributed by atoms with Crippen molar-refractivity contribution < 1.29 is 13.9 Å². The van der Waals surface area contributed by atoms with Crippen LogP contribution in [0.15, 0.2) is 83.3 Å². The second-order valence-electron chi connectivity index (χ2n) is 5.68. The van der Waals surface area contributed by atoms with Crippen LogP contribution in [0.25, 0.3) is 11.1 Å². The molecule has 4 aromatic rings. The molecule has 1 amide bonds. The van der Waals surface area contributed by atoms with E-state index >= 15 is 0 Å². The van der Waals surface area contributed by atoms with Gasteiger partial charge in [0.25, 0.3) is 5.91 Å². The summed E-state index contributed by atoms with van der Waals surface area (Å²) >= 11 is 0. The first-order valence-electron chi connectivity index (χ1n) is 8.22. The van der Waals surface area contributed by atoms with Crippen molar-refractivity contribution in [2.24, 2.45) is 0 Å². The molecule has 0 saturated heterocycles. The molecule has 0 radical (unpaired) electrons. The molecular formula is C21H16N2O3. The summed E-state index contributed by atoms with van der Waals surface area (Å²) in [5.74, 6) is 0.706. The highest BCUT2D eigenvalue weighted by molar-refractivity contribution is 6.06. The Bertz CT molecular complexity index is 1010. The third-order valence-corrected chi connectivity index (χ3v) is 3.85. The predicted molar refractivity (Wildman–Crippen MR) is 99.2 cm³/mol. The van der Waals surface area contributed by atoms with E-state index in [0.717, 1.165) is 11.2 Å². The molecule has 0 atom stereocenters. The van der Waals surface area contributed by atoms with E-state index in [1.165, 1.54) is 0 Å². The first kappa shape index (κ1) is 15.9. The van der Waals surface area contributed by atoms with Crippen molar-refractivity contribution in [1.29, 1.82) is 0 Å². The number of benzene rings is 3. The Balaban J connectivity index is 1.51. The molecule has 4 rings (SSSR count). The van der Waals surface area contributed by atoms with Gasteiger partial charge < -0.3 is 14.5 Å². The summed E-state index contributed by atoms with van der Waals surface area (Å²) in [4.78, 5) is 16.9. The van der Waals surface area contributed by atoms with Gasteiger partial charge in [0, 0.05) is 5.69 Å².